The molecule has 4 nitrogen and oxygen atoms in total. The van der Waals surface area contributed by atoms with Gasteiger partial charge in [-0.2, -0.15) is 0 Å². The van der Waals surface area contributed by atoms with Crippen LogP contribution in [0.15, 0.2) is 12.1 Å². The van der Waals surface area contributed by atoms with Crippen molar-refractivity contribution in [3.8, 4) is 0 Å². The van der Waals surface area contributed by atoms with Crippen LogP contribution in [0, 0.1) is 5.82 Å². The summed E-state index contributed by atoms with van der Waals surface area (Å²) in [5.74, 6) is -1.09. The van der Waals surface area contributed by atoms with E-state index in [1.165, 1.54) is 12.5 Å². The van der Waals surface area contributed by atoms with Crippen LogP contribution in [0.4, 0.5) is 15.8 Å². The van der Waals surface area contributed by atoms with Gasteiger partial charge in [-0.15, -0.1) is 0 Å². The molecule has 5 N–H and O–H groups in total. The maximum Gasteiger partial charge on any atom is 0.250 e. The third kappa shape index (κ3) is 2.97. The molecule has 0 radical (unpaired) electrons. The summed E-state index contributed by atoms with van der Waals surface area (Å²) in [5, 5.41) is 3.21. The summed E-state index contributed by atoms with van der Waals surface area (Å²) in [7, 11) is 0. The molecule has 1 saturated carbocycles. The first kappa shape index (κ1) is 13.6. The Morgan fingerprint density at radius 1 is 1.32 bits per heavy atom. The van der Waals surface area contributed by atoms with Gasteiger partial charge in [0.05, 0.1) is 11.3 Å². The number of rotatable bonds is 3. The van der Waals surface area contributed by atoms with Crippen molar-refractivity contribution >= 4 is 17.3 Å². The maximum absolute atomic E-state index is 13.9. The lowest BCUT2D eigenvalue weighted by Crippen LogP contribution is -2.37. The van der Waals surface area contributed by atoms with E-state index in [9.17, 15) is 9.18 Å². The zero-order valence-electron chi connectivity index (χ0n) is 11.1. The van der Waals surface area contributed by atoms with Gasteiger partial charge in [-0.05, 0) is 31.9 Å². The zero-order chi connectivity index (χ0) is 14.0. The molecular formula is C14H20FN3O. The quantitative estimate of drug-likeness (QED) is 0.735. The number of nitrogens with two attached hydrogens (primary N) is 2. The van der Waals surface area contributed by atoms with Crippen LogP contribution in [0.2, 0.25) is 0 Å². The molecule has 1 aliphatic carbocycles. The van der Waals surface area contributed by atoms with Crippen LogP contribution in [0.1, 0.15) is 49.4 Å². The molecule has 1 fully saturated rings. The molecule has 1 aliphatic rings. The second-order valence-electron chi connectivity index (χ2n) is 5.53. The van der Waals surface area contributed by atoms with Crippen LogP contribution < -0.4 is 16.8 Å². The minimum absolute atomic E-state index is 0.0735. The number of halogens is 1. The molecule has 0 saturated heterocycles. The second kappa shape index (κ2) is 5.07. The molecule has 19 heavy (non-hydrogen) atoms. The average Bonchev–Trinajstić information content (AvgIpc) is 2.33. The minimum atomic E-state index is -0.644. The molecule has 0 heterocycles. The fourth-order valence-electron chi connectivity index (χ4n) is 2.68. The molecule has 1 aromatic rings. The Kier molecular flexibility index (Phi) is 3.64. The van der Waals surface area contributed by atoms with Crippen molar-refractivity contribution in [2.45, 2.75) is 44.6 Å². The first-order chi connectivity index (χ1) is 8.91. The Bertz CT molecular complexity index is 496. The van der Waals surface area contributed by atoms with E-state index in [4.69, 9.17) is 11.5 Å². The van der Waals surface area contributed by atoms with E-state index in [2.05, 4.69) is 12.2 Å². The molecule has 0 bridgehead atoms. The van der Waals surface area contributed by atoms with Gasteiger partial charge in [0.2, 0.25) is 0 Å². The molecule has 5 heteroatoms. The third-order valence-corrected chi connectivity index (χ3v) is 3.80. The van der Waals surface area contributed by atoms with Gasteiger partial charge in [-0.25, -0.2) is 4.39 Å². The summed E-state index contributed by atoms with van der Waals surface area (Å²) >= 11 is 0. The summed E-state index contributed by atoms with van der Waals surface area (Å²) < 4.78 is 13.9. The number of benzene rings is 1. The number of nitrogens with one attached hydrogen (secondary N) is 1. The lowest BCUT2D eigenvalue weighted by atomic mass is 9.83. The number of primary amides is 1. The van der Waals surface area contributed by atoms with E-state index < -0.39 is 11.7 Å². The number of nitrogen functional groups attached to an aromatic ring is 1. The topological polar surface area (TPSA) is 81.1 Å². The molecule has 2 rings (SSSR count). The Morgan fingerprint density at radius 3 is 2.53 bits per heavy atom. The van der Waals surface area contributed by atoms with Crippen LogP contribution >= 0.6 is 0 Å². The number of carbonyl (C=O) groups is 1. The largest absolute Gasteiger partial charge is 0.398 e. The van der Waals surface area contributed by atoms with Gasteiger partial charge in [0, 0.05) is 11.2 Å². The van der Waals surface area contributed by atoms with E-state index in [1.807, 2.05) is 0 Å². The van der Waals surface area contributed by atoms with Gasteiger partial charge in [0.1, 0.15) is 5.82 Å². The maximum atomic E-state index is 13.9. The van der Waals surface area contributed by atoms with Crippen molar-refractivity contribution in [2.24, 2.45) is 5.73 Å². The molecule has 0 unspecified atom stereocenters. The van der Waals surface area contributed by atoms with E-state index in [1.54, 1.807) is 0 Å². The van der Waals surface area contributed by atoms with Crippen molar-refractivity contribution in [1.29, 1.82) is 0 Å². The molecule has 104 valence electrons. The van der Waals surface area contributed by atoms with E-state index in [-0.39, 0.29) is 16.8 Å². The normalized spacial score (nSPS) is 18.0. The minimum Gasteiger partial charge on any atom is -0.398 e. The average molecular weight is 265 g/mol. The number of anilines is 2. The van der Waals surface area contributed by atoms with Crippen molar-refractivity contribution in [2.75, 3.05) is 11.1 Å². The second-order valence-corrected chi connectivity index (χ2v) is 5.53. The number of hydrogen-bond acceptors (Lipinski definition) is 3. The smallest absolute Gasteiger partial charge is 0.250 e. The Balaban J connectivity index is 2.29. The van der Waals surface area contributed by atoms with Crippen LogP contribution in [-0.4, -0.2) is 11.4 Å². The zero-order valence-corrected chi connectivity index (χ0v) is 11.1. The number of hydrogen-bond donors (Lipinski definition) is 3. The van der Waals surface area contributed by atoms with Crippen LogP contribution in [-0.2, 0) is 0 Å². The van der Waals surface area contributed by atoms with Crippen LogP contribution in [0.25, 0.3) is 0 Å². The van der Waals surface area contributed by atoms with Gasteiger partial charge >= 0.3 is 0 Å². The van der Waals surface area contributed by atoms with Crippen LogP contribution in [0.5, 0.6) is 0 Å². The Morgan fingerprint density at radius 2 is 1.95 bits per heavy atom. The summed E-state index contributed by atoms with van der Waals surface area (Å²) in [4.78, 5) is 11.2. The van der Waals surface area contributed by atoms with Gasteiger partial charge in [-0.3, -0.25) is 4.79 Å². The fraction of sp³-hybridized carbons (Fsp3) is 0.500. The Hall–Kier alpha value is -1.78. The van der Waals surface area contributed by atoms with Crippen molar-refractivity contribution in [3.05, 3.63) is 23.5 Å². The number of carbonyl (C=O) groups excluding carboxylic acids is 1. The SMILES string of the molecule is CC1(Nc2cc(C(N)=O)c(N)cc2F)CCCCC1. The molecule has 1 amide bonds. The van der Waals surface area contributed by atoms with Crippen LogP contribution in [0.3, 0.4) is 0 Å². The summed E-state index contributed by atoms with van der Waals surface area (Å²) in [6, 6.07) is 2.56. The highest BCUT2D eigenvalue weighted by Gasteiger charge is 2.27. The van der Waals surface area contributed by atoms with Gasteiger partial charge in [0.25, 0.3) is 5.91 Å². The summed E-state index contributed by atoms with van der Waals surface area (Å²) in [6.07, 6.45) is 5.45. The lowest BCUT2D eigenvalue weighted by molar-refractivity contribution is 0.100. The van der Waals surface area contributed by atoms with Crippen molar-refractivity contribution in [3.63, 3.8) is 0 Å². The standard InChI is InChI=1S/C14H20FN3O/c1-14(5-3-2-4-6-14)18-12-7-9(13(17)19)11(16)8-10(12)15/h7-8,18H,2-6,16H2,1H3,(H2,17,19). The molecule has 0 spiro atoms. The first-order valence-electron chi connectivity index (χ1n) is 6.58. The monoisotopic (exact) mass is 265 g/mol. The third-order valence-electron chi connectivity index (χ3n) is 3.80. The van der Waals surface area contributed by atoms with Crippen molar-refractivity contribution < 1.29 is 9.18 Å². The molecule has 0 aliphatic heterocycles. The van der Waals surface area contributed by atoms with E-state index >= 15 is 0 Å². The van der Waals surface area contributed by atoms with Gasteiger partial charge in [0.15, 0.2) is 0 Å². The highest BCUT2D eigenvalue weighted by Crippen LogP contribution is 2.33. The fourth-order valence-corrected chi connectivity index (χ4v) is 2.68. The first-order valence-corrected chi connectivity index (χ1v) is 6.58. The Labute approximate surface area is 112 Å². The molecule has 1 aromatic carbocycles. The van der Waals surface area contributed by atoms with Crippen molar-refractivity contribution in [1.82, 2.24) is 0 Å². The van der Waals surface area contributed by atoms with E-state index in [0.29, 0.717) is 5.69 Å². The van der Waals surface area contributed by atoms with Gasteiger partial charge < -0.3 is 16.8 Å². The summed E-state index contributed by atoms with van der Waals surface area (Å²) in [6.45, 7) is 2.08. The molecule has 0 atom stereocenters. The molecular weight excluding hydrogens is 245 g/mol. The highest BCUT2D eigenvalue weighted by molar-refractivity contribution is 5.99. The highest BCUT2D eigenvalue weighted by atomic mass is 19.1. The molecule has 0 aromatic heterocycles. The van der Waals surface area contributed by atoms with Gasteiger partial charge in [-0.1, -0.05) is 19.3 Å². The van der Waals surface area contributed by atoms with E-state index in [0.717, 1.165) is 31.7 Å². The predicted molar refractivity (Wildman–Crippen MR) is 74.4 cm³/mol. The lowest BCUT2D eigenvalue weighted by Gasteiger charge is -2.35. The summed E-state index contributed by atoms with van der Waals surface area (Å²) in [5.41, 5.74) is 11.2. The predicted octanol–water partition coefficient (Wildman–Crippen LogP) is 2.64. The number of amides is 1.